The Balaban J connectivity index is 2.11. The Bertz CT molecular complexity index is 688. The minimum atomic E-state index is -0.649. The van der Waals surface area contributed by atoms with E-state index in [1.807, 2.05) is 0 Å². The van der Waals surface area contributed by atoms with E-state index < -0.39 is 23.1 Å². The fourth-order valence-corrected chi connectivity index (χ4v) is 1.78. The number of ketones is 1. The van der Waals surface area contributed by atoms with E-state index in [0.29, 0.717) is 0 Å². The molecule has 0 aromatic heterocycles. The zero-order chi connectivity index (χ0) is 15.4. The number of benzene rings is 2. The summed E-state index contributed by atoms with van der Waals surface area (Å²) in [4.78, 5) is 22.1. The molecule has 0 saturated heterocycles. The largest absolute Gasteiger partial charge is 0.478 e. The zero-order valence-electron chi connectivity index (χ0n) is 10.6. The molecule has 0 bridgehead atoms. The predicted octanol–water partition coefficient (Wildman–Crippen LogP) is 3.65. The predicted molar refractivity (Wildman–Crippen MR) is 74.3 cm³/mol. The van der Waals surface area contributed by atoms with Gasteiger partial charge in [0.1, 0.15) is 5.82 Å². The average molecular weight is 310 g/mol. The minimum absolute atomic E-state index is 0.0557. The van der Waals surface area contributed by atoms with Crippen molar-refractivity contribution in [2.75, 3.05) is 6.61 Å². The van der Waals surface area contributed by atoms with Crippen LogP contribution >= 0.6 is 11.6 Å². The van der Waals surface area contributed by atoms with Crippen LogP contribution in [0.5, 0.6) is 5.75 Å². The summed E-state index contributed by atoms with van der Waals surface area (Å²) in [5, 5.41) is 11.1. The van der Waals surface area contributed by atoms with E-state index in [-0.39, 0.29) is 22.0 Å². The van der Waals surface area contributed by atoms with E-state index in [1.165, 1.54) is 24.3 Å². The number of nitrogens with zero attached hydrogens (tertiary/aromatic N) is 1. The summed E-state index contributed by atoms with van der Waals surface area (Å²) in [6.07, 6.45) is 0. The molecule has 0 aliphatic rings. The second kappa shape index (κ2) is 6.32. The first-order valence-electron chi connectivity index (χ1n) is 5.83. The number of nitro groups is 1. The van der Waals surface area contributed by atoms with Crippen molar-refractivity contribution < 1.29 is 18.8 Å². The fraction of sp³-hybridized carbons (Fsp3) is 0.0714. The standard InChI is InChI=1S/C14H9ClFNO4/c15-10-3-6-14(12(7-10)17(19)20)21-8-13(18)9-1-4-11(16)5-2-9/h1-7H,8H2. The molecule has 2 rings (SSSR count). The summed E-state index contributed by atoms with van der Waals surface area (Å²) >= 11 is 5.67. The maximum atomic E-state index is 12.8. The summed E-state index contributed by atoms with van der Waals surface area (Å²) in [6, 6.07) is 8.81. The number of nitro benzene ring substituents is 1. The molecule has 2 aromatic rings. The van der Waals surface area contributed by atoms with Crippen LogP contribution < -0.4 is 4.74 Å². The lowest BCUT2D eigenvalue weighted by Gasteiger charge is -2.06. The van der Waals surface area contributed by atoms with Crippen molar-refractivity contribution in [3.8, 4) is 5.75 Å². The van der Waals surface area contributed by atoms with Crippen molar-refractivity contribution in [2.45, 2.75) is 0 Å². The molecule has 0 unspecified atom stereocenters. The van der Waals surface area contributed by atoms with Crippen molar-refractivity contribution in [1.82, 2.24) is 0 Å². The second-order valence-electron chi connectivity index (χ2n) is 4.09. The highest BCUT2D eigenvalue weighted by Gasteiger charge is 2.17. The number of halogens is 2. The molecule has 0 N–H and O–H groups in total. The molecule has 108 valence electrons. The van der Waals surface area contributed by atoms with Gasteiger partial charge in [0, 0.05) is 16.7 Å². The second-order valence-corrected chi connectivity index (χ2v) is 4.52. The van der Waals surface area contributed by atoms with Gasteiger partial charge in [-0.15, -0.1) is 0 Å². The van der Waals surface area contributed by atoms with E-state index >= 15 is 0 Å². The number of hydrogen-bond acceptors (Lipinski definition) is 4. The lowest BCUT2D eigenvalue weighted by atomic mass is 10.1. The minimum Gasteiger partial charge on any atom is -0.478 e. The van der Waals surface area contributed by atoms with E-state index in [9.17, 15) is 19.3 Å². The highest BCUT2D eigenvalue weighted by molar-refractivity contribution is 6.30. The van der Waals surface area contributed by atoms with Gasteiger partial charge in [-0.05, 0) is 36.4 Å². The lowest BCUT2D eigenvalue weighted by molar-refractivity contribution is -0.385. The van der Waals surface area contributed by atoms with Crippen LogP contribution in [0.3, 0.4) is 0 Å². The Morgan fingerprint density at radius 3 is 2.52 bits per heavy atom. The molecule has 0 saturated carbocycles. The lowest BCUT2D eigenvalue weighted by Crippen LogP contribution is -2.12. The van der Waals surface area contributed by atoms with Crippen molar-refractivity contribution in [1.29, 1.82) is 0 Å². The summed E-state index contributed by atoms with van der Waals surface area (Å²) in [6.45, 7) is -0.395. The van der Waals surface area contributed by atoms with E-state index in [1.54, 1.807) is 0 Å². The quantitative estimate of drug-likeness (QED) is 0.480. The molecule has 0 fully saturated rings. The Morgan fingerprint density at radius 1 is 1.24 bits per heavy atom. The molecule has 0 aliphatic carbocycles. The normalized spacial score (nSPS) is 10.2. The molecule has 0 aliphatic heterocycles. The zero-order valence-corrected chi connectivity index (χ0v) is 11.3. The summed E-state index contributed by atoms with van der Waals surface area (Å²) in [5.74, 6) is -0.931. The number of rotatable bonds is 5. The third-order valence-electron chi connectivity index (χ3n) is 2.64. The van der Waals surface area contributed by atoms with Gasteiger partial charge in [0.25, 0.3) is 0 Å². The summed E-state index contributed by atoms with van der Waals surface area (Å²) in [5.41, 5.74) is -0.0672. The maximum Gasteiger partial charge on any atom is 0.312 e. The molecule has 0 spiro atoms. The molecule has 0 radical (unpaired) electrons. The van der Waals surface area contributed by atoms with Gasteiger partial charge < -0.3 is 4.74 Å². The maximum absolute atomic E-state index is 12.8. The van der Waals surface area contributed by atoms with Gasteiger partial charge in [-0.1, -0.05) is 11.6 Å². The van der Waals surface area contributed by atoms with Crippen LogP contribution in [-0.2, 0) is 0 Å². The van der Waals surface area contributed by atoms with Crippen LogP contribution in [-0.4, -0.2) is 17.3 Å². The van der Waals surface area contributed by atoms with Crippen LogP contribution in [0.25, 0.3) is 0 Å². The molecule has 21 heavy (non-hydrogen) atoms. The van der Waals surface area contributed by atoms with Crippen molar-refractivity contribution >= 4 is 23.1 Å². The van der Waals surface area contributed by atoms with Crippen LogP contribution in [0.4, 0.5) is 10.1 Å². The number of carbonyl (C=O) groups is 1. The van der Waals surface area contributed by atoms with Crippen LogP contribution in [0, 0.1) is 15.9 Å². The highest BCUT2D eigenvalue weighted by atomic mass is 35.5. The van der Waals surface area contributed by atoms with Gasteiger partial charge in [0.2, 0.25) is 0 Å². The van der Waals surface area contributed by atoms with Crippen LogP contribution in [0.15, 0.2) is 42.5 Å². The number of Topliss-reactive ketones (excluding diaryl/α,β-unsaturated/α-hetero) is 1. The first kappa shape index (κ1) is 14.9. The molecule has 0 heterocycles. The molecule has 7 heteroatoms. The highest BCUT2D eigenvalue weighted by Crippen LogP contribution is 2.29. The molecule has 2 aromatic carbocycles. The van der Waals surface area contributed by atoms with Gasteiger partial charge in [-0.2, -0.15) is 0 Å². The van der Waals surface area contributed by atoms with E-state index in [2.05, 4.69) is 0 Å². The smallest absolute Gasteiger partial charge is 0.312 e. The van der Waals surface area contributed by atoms with Gasteiger partial charge >= 0.3 is 5.69 Å². The number of ether oxygens (including phenoxy) is 1. The van der Waals surface area contributed by atoms with Crippen molar-refractivity contribution in [3.63, 3.8) is 0 Å². The van der Waals surface area contributed by atoms with Crippen LogP contribution in [0.2, 0.25) is 5.02 Å². The molecule has 0 amide bonds. The first-order chi connectivity index (χ1) is 9.97. The molecule has 0 atom stereocenters. The third-order valence-corrected chi connectivity index (χ3v) is 2.88. The molecular formula is C14H9ClFNO4. The monoisotopic (exact) mass is 309 g/mol. The van der Waals surface area contributed by atoms with E-state index in [0.717, 1.165) is 18.2 Å². The fourth-order valence-electron chi connectivity index (χ4n) is 1.62. The van der Waals surface area contributed by atoms with Gasteiger partial charge in [-0.3, -0.25) is 14.9 Å². The Labute approximate surface area is 124 Å². The Hall–Kier alpha value is -2.47. The van der Waals surface area contributed by atoms with Crippen LogP contribution in [0.1, 0.15) is 10.4 Å². The Kier molecular flexibility index (Phi) is 4.49. The molecular weight excluding hydrogens is 301 g/mol. The molecule has 5 nitrogen and oxygen atoms in total. The van der Waals surface area contributed by atoms with Gasteiger partial charge in [0.15, 0.2) is 18.1 Å². The van der Waals surface area contributed by atoms with Gasteiger partial charge in [-0.25, -0.2) is 4.39 Å². The van der Waals surface area contributed by atoms with E-state index in [4.69, 9.17) is 16.3 Å². The number of hydrogen-bond donors (Lipinski definition) is 0. The topological polar surface area (TPSA) is 69.4 Å². The average Bonchev–Trinajstić information content (AvgIpc) is 2.46. The summed E-state index contributed by atoms with van der Waals surface area (Å²) < 4.78 is 17.9. The third kappa shape index (κ3) is 3.76. The van der Waals surface area contributed by atoms with Gasteiger partial charge in [0.05, 0.1) is 4.92 Å². The first-order valence-corrected chi connectivity index (χ1v) is 6.20. The van der Waals surface area contributed by atoms with Crippen molar-refractivity contribution in [3.05, 3.63) is 69.0 Å². The number of carbonyl (C=O) groups excluding carboxylic acids is 1. The SMILES string of the molecule is O=C(COc1ccc(Cl)cc1[N+](=O)[O-])c1ccc(F)cc1. The van der Waals surface area contributed by atoms with Crippen molar-refractivity contribution in [2.24, 2.45) is 0 Å². The summed E-state index contributed by atoms with van der Waals surface area (Å²) in [7, 11) is 0. The Morgan fingerprint density at radius 2 is 1.90 bits per heavy atom.